The van der Waals surface area contributed by atoms with Gasteiger partial charge in [-0.15, -0.1) is 0 Å². The van der Waals surface area contributed by atoms with E-state index in [0.717, 1.165) is 31.4 Å². The highest BCUT2D eigenvalue weighted by Gasteiger charge is 2.28. The van der Waals surface area contributed by atoms with E-state index in [1.807, 2.05) is 35.2 Å². The molecule has 2 rings (SSSR count). The molecule has 1 aliphatic heterocycles. The fourth-order valence-electron chi connectivity index (χ4n) is 3.21. The minimum Gasteiger partial charge on any atom is -0.481 e. The fourth-order valence-corrected chi connectivity index (χ4v) is 3.21. The zero-order chi connectivity index (χ0) is 16.7. The highest BCUT2D eigenvalue weighted by atomic mass is 16.4. The lowest BCUT2D eigenvalue weighted by atomic mass is 10.0. The first-order valence-corrected chi connectivity index (χ1v) is 8.43. The van der Waals surface area contributed by atoms with Gasteiger partial charge in [0.1, 0.15) is 0 Å². The molecular formula is C18H26N2O3. The summed E-state index contributed by atoms with van der Waals surface area (Å²) < 4.78 is 0. The van der Waals surface area contributed by atoms with Crippen LogP contribution in [0.1, 0.15) is 44.6 Å². The number of hydrogen-bond donors (Lipinski definition) is 2. The Balaban J connectivity index is 1.98. The summed E-state index contributed by atoms with van der Waals surface area (Å²) in [4.78, 5) is 25.3. The maximum Gasteiger partial charge on any atom is 0.317 e. The third-order valence-electron chi connectivity index (χ3n) is 4.47. The summed E-state index contributed by atoms with van der Waals surface area (Å²) >= 11 is 0. The number of urea groups is 1. The Kier molecular flexibility index (Phi) is 6.44. The quantitative estimate of drug-likeness (QED) is 0.812. The highest BCUT2D eigenvalue weighted by molar-refractivity contribution is 5.75. The van der Waals surface area contributed by atoms with Gasteiger partial charge in [0.2, 0.25) is 0 Å². The largest absolute Gasteiger partial charge is 0.481 e. The Hall–Kier alpha value is -2.04. The van der Waals surface area contributed by atoms with Gasteiger partial charge >= 0.3 is 12.0 Å². The van der Waals surface area contributed by atoms with Gasteiger partial charge in [-0.05, 0) is 37.7 Å². The van der Waals surface area contributed by atoms with Crippen molar-refractivity contribution in [3.8, 4) is 0 Å². The van der Waals surface area contributed by atoms with E-state index in [-0.39, 0.29) is 18.5 Å². The molecule has 0 bridgehead atoms. The van der Waals surface area contributed by atoms with E-state index in [1.165, 1.54) is 0 Å². The Labute approximate surface area is 137 Å². The molecule has 2 N–H and O–H groups in total. The minimum absolute atomic E-state index is 0.0549. The molecule has 0 radical (unpaired) electrons. The first kappa shape index (κ1) is 17.3. The van der Waals surface area contributed by atoms with E-state index in [4.69, 9.17) is 5.11 Å². The molecule has 1 aromatic rings. The summed E-state index contributed by atoms with van der Waals surface area (Å²) in [6.45, 7) is 2.89. The van der Waals surface area contributed by atoms with Crippen LogP contribution in [0.2, 0.25) is 0 Å². The van der Waals surface area contributed by atoms with Crippen LogP contribution in [-0.4, -0.2) is 40.6 Å². The summed E-state index contributed by atoms with van der Waals surface area (Å²) in [6, 6.07) is 9.98. The summed E-state index contributed by atoms with van der Waals surface area (Å²) in [5.74, 6) is -0.829. The van der Waals surface area contributed by atoms with Crippen molar-refractivity contribution in [3.63, 3.8) is 0 Å². The van der Waals surface area contributed by atoms with Gasteiger partial charge in [-0.1, -0.05) is 37.3 Å². The standard InChI is InChI=1S/C18H26N2O3/c1-2-16-9-6-12-20(16)18(23)19-15(10-11-17(21)22)13-14-7-4-3-5-8-14/h3-5,7-8,15-16H,2,6,9-13H2,1H3,(H,19,23)(H,21,22). The normalized spacial score (nSPS) is 18.7. The van der Waals surface area contributed by atoms with Crippen LogP contribution >= 0.6 is 0 Å². The van der Waals surface area contributed by atoms with Crippen molar-refractivity contribution in [3.05, 3.63) is 35.9 Å². The van der Waals surface area contributed by atoms with Crippen LogP contribution in [0.15, 0.2) is 30.3 Å². The van der Waals surface area contributed by atoms with E-state index in [2.05, 4.69) is 12.2 Å². The zero-order valence-electron chi connectivity index (χ0n) is 13.7. The Bertz CT molecular complexity index is 518. The van der Waals surface area contributed by atoms with Gasteiger partial charge in [0.25, 0.3) is 0 Å². The van der Waals surface area contributed by atoms with Crippen LogP contribution in [0.4, 0.5) is 4.79 Å². The second-order valence-corrected chi connectivity index (χ2v) is 6.17. The van der Waals surface area contributed by atoms with E-state index >= 15 is 0 Å². The number of carboxylic acid groups (broad SMARTS) is 1. The Morgan fingerprint density at radius 1 is 1.35 bits per heavy atom. The number of benzene rings is 1. The summed E-state index contributed by atoms with van der Waals surface area (Å²) in [7, 11) is 0. The molecule has 5 heteroatoms. The SMILES string of the molecule is CCC1CCCN1C(=O)NC(CCC(=O)O)Cc1ccccc1. The van der Waals surface area contributed by atoms with Crippen molar-refractivity contribution in [2.45, 2.75) is 57.5 Å². The molecule has 5 nitrogen and oxygen atoms in total. The molecule has 1 aromatic carbocycles. The molecule has 126 valence electrons. The number of rotatable bonds is 7. The van der Waals surface area contributed by atoms with Gasteiger partial charge in [0.15, 0.2) is 0 Å². The van der Waals surface area contributed by atoms with Crippen molar-refractivity contribution in [2.75, 3.05) is 6.54 Å². The maximum atomic E-state index is 12.5. The number of carbonyl (C=O) groups excluding carboxylic acids is 1. The predicted octanol–water partition coefficient (Wildman–Crippen LogP) is 3.05. The molecule has 1 fully saturated rings. The van der Waals surface area contributed by atoms with Gasteiger partial charge in [-0.2, -0.15) is 0 Å². The van der Waals surface area contributed by atoms with Gasteiger partial charge in [-0.3, -0.25) is 4.79 Å². The molecule has 2 amide bonds. The average Bonchev–Trinajstić information content (AvgIpc) is 3.02. The van der Waals surface area contributed by atoms with Gasteiger partial charge in [0.05, 0.1) is 0 Å². The Morgan fingerprint density at radius 3 is 2.74 bits per heavy atom. The van der Waals surface area contributed by atoms with E-state index in [9.17, 15) is 9.59 Å². The minimum atomic E-state index is -0.829. The van der Waals surface area contributed by atoms with Crippen LogP contribution in [0.25, 0.3) is 0 Å². The highest BCUT2D eigenvalue weighted by Crippen LogP contribution is 2.20. The first-order valence-electron chi connectivity index (χ1n) is 8.43. The molecule has 2 unspecified atom stereocenters. The van der Waals surface area contributed by atoms with E-state index < -0.39 is 5.97 Å². The lowest BCUT2D eigenvalue weighted by Gasteiger charge is -2.27. The first-order chi connectivity index (χ1) is 11.1. The summed E-state index contributed by atoms with van der Waals surface area (Å²) in [6.07, 6.45) is 4.23. The number of nitrogens with one attached hydrogen (secondary N) is 1. The van der Waals surface area contributed by atoms with Gasteiger partial charge < -0.3 is 15.3 Å². The number of likely N-dealkylation sites (tertiary alicyclic amines) is 1. The van der Waals surface area contributed by atoms with Crippen LogP contribution in [-0.2, 0) is 11.2 Å². The van der Waals surface area contributed by atoms with Crippen molar-refractivity contribution >= 4 is 12.0 Å². The molecular weight excluding hydrogens is 292 g/mol. The molecule has 0 spiro atoms. The average molecular weight is 318 g/mol. The smallest absolute Gasteiger partial charge is 0.317 e. The van der Waals surface area contributed by atoms with E-state index in [1.54, 1.807) is 0 Å². The third kappa shape index (κ3) is 5.27. The topological polar surface area (TPSA) is 69.6 Å². The van der Waals surface area contributed by atoms with Crippen molar-refractivity contribution < 1.29 is 14.7 Å². The van der Waals surface area contributed by atoms with Crippen molar-refractivity contribution in [2.24, 2.45) is 0 Å². The molecule has 1 saturated heterocycles. The monoisotopic (exact) mass is 318 g/mol. The zero-order valence-corrected chi connectivity index (χ0v) is 13.7. The second kappa shape index (κ2) is 8.56. The van der Waals surface area contributed by atoms with Gasteiger partial charge in [0, 0.05) is 25.0 Å². The molecule has 0 aliphatic carbocycles. The molecule has 0 aromatic heterocycles. The summed E-state index contributed by atoms with van der Waals surface area (Å²) in [5, 5.41) is 12.0. The molecule has 1 heterocycles. The number of carboxylic acids is 1. The van der Waals surface area contributed by atoms with Crippen molar-refractivity contribution in [1.82, 2.24) is 10.2 Å². The lowest BCUT2D eigenvalue weighted by Crippen LogP contribution is -2.47. The molecule has 23 heavy (non-hydrogen) atoms. The summed E-state index contributed by atoms with van der Waals surface area (Å²) in [5.41, 5.74) is 1.11. The predicted molar refractivity (Wildman–Crippen MR) is 89.4 cm³/mol. The molecule has 1 aliphatic rings. The number of hydrogen-bond acceptors (Lipinski definition) is 2. The third-order valence-corrected chi connectivity index (χ3v) is 4.47. The maximum absolute atomic E-state index is 12.5. The second-order valence-electron chi connectivity index (χ2n) is 6.17. The molecule has 2 atom stereocenters. The van der Waals surface area contributed by atoms with Crippen LogP contribution in [0, 0.1) is 0 Å². The number of aliphatic carboxylic acids is 1. The molecule has 0 saturated carbocycles. The number of amides is 2. The van der Waals surface area contributed by atoms with E-state index in [0.29, 0.717) is 18.9 Å². The fraction of sp³-hybridized carbons (Fsp3) is 0.556. The lowest BCUT2D eigenvalue weighted by molar-refractivity contribution is -0.137. The Morgan fingerprint density at radius 2 is 2.09 bits per heavy atom. The van der Waals surface area contributed by atoms with Crippen LogP contribution in [0.5, 0.6) is 0 Å². The van der Waals surface area contributed by atoms with Crippen LogP contribution < -0.4 is 5.32 Å². The van der Waals surface area contributed by atoms with Crippen LogP contribution in [0.3, 0.4) is 0 Å². The number of nitrogens with zero attached hydrogens (tertiary/aromatic N) is 1. The number of carbonyl (C=O) groups is 2. The van der Waals surface area contributed by atoms with Crippen molar-refractivity contribution in [1.29, 1.82) is 0 Å². The van der Waals surface area contributed by atoms with Gasteiger partial charge in [-0.25, -0.2) is 4.79 Å².